The van der Waals surface area contributed by atoms with Gasteiger partial charge in [-0.3, -0.25) is 4.79 Å². The van der Waals surface area contributed by atoms with Gasteiger partial charge < -0.3 is 10.3 Å². The summed E-state index contributed by atoms with van der Waals surface area (Å²) in [5, 5.41) is 4.35. The lowest BCUT2D eigenvalue weighted by Gasteiger charge is -2.19. The Labute approximate surface area is 119 Å². The molecule has 0 aliphatic heterocycles. The van der Waals surface area contributed by atoms with Crippen molar-refractivity contribution in [2.45, 2.75) is 38.1 Å². The van der Waals surface area contributed by atoms with Gasteiger partial charge in [0, 0.05) is 29.6 Å². The van der Waals surface area contributed by atoms with E-state index < -0.39 is 0 Å². The topological polar surface area (TPSA) is 44.9 Å². The SMILES string of the molecule is O=C(CCc1c[nH]c2ccccc12)NC1CC=CCC1. The molecule has 104 valence electrons. The highest BCUT2D eigenvalue weighted by Gasteiger charge is 2.13. The van der Waals surface area contributed by atoms with Gasteiger partial charge in [0.25, 0.3) is 0 Å². The molecule has 0 saturated carbocycles. The van der Waals surface area contributed by atoms with Gasteiger partial charge in [0.15, 0.2) is 0 Å². The van der Waals surface area contributed by atoms with Crippen molar-refractivity contribution in [1.29, 1.82) is 0 Å². The maximum Gasteiger partial charge on any atom is 0.220 e. The second-order valence-electron chi connectivity index (χ2n) is 5.41. The Bertz CT molecular complexity index is 627. The Morgan fingerprint density at radius 3 is 3.05 bits per heavy atom. The predicted octanol–water partition coefficient (Wildman–Crippen LogP) is 3.33. The molecule has 1 aliphatic carbocycles. The lowest BCUT2D eigenvalue weighted by atomic mass is 10.0. The normalized spacial score (nSPS) is 18.3. The van der Waals surface area contributed by atoms with Crippen molar-refractivity contribution in [3.63, 3.8) is 0 Å². The largest absolute Gasteiger partial charge is 0.361 e. The van der Waals surface area contributed by atoms with Crippen molar-refractivity contribution in [2.24, 2.45) is 0 Å². The molecule has 1 aromatic heterocycles. The van der Waals surface area contributed by atoms with Crippen molar-refractivity contribution >= 4 is 16.8 Å². The van der Waals surface area contributed by atoms with E-state index in [1.807, 2.05) is 18.3 Å². The van der Waals surface area contributed by atoms with E-state index in [4.69, 9.17) is 0 Å². The Kier molecular flexibility index (Phi) is 3.86. The van der Waals surface area contributed by atoms with Crippen LogP contribution < -0.4 is 5.32 Å². The van der Waals surface area contributed by atoms with Crippen LogP contribution in [0.15, 0.2) is 42.6 Å². The Hall–Kier alpha value is -2.03. The minimum atomic E-state index is 0.163. The molecule has 1 aliphatic rings. The van der Waals surface area contributed by atoms with Gasteiger partial charge >= 0.3 is 0 Å². The standard InChI is InChI=1S/C17H20N2O/c20-17(19-14-6-2-1-3-7-14)11-10-13-12-18-16-9-5-4-8-15(13)16/h1-2,4-5,8-9,12,14,18H,3,6-7,10-11H2,(H,19,20). The third-order valence-corrected chi connectivity index (χ3v) is 3.93. The van der Waals surface area contributed by atoms with Crippen LogP contribution in [0.25, 0.3) is 10.9 Å². The Balaban J connectivity index is 1.56. The average molecular weight is 268 g/mol. The van der Waals surface area contributed by atoms with Crippen LogP contribution >= 0.6 is 0 Å². The number of aromatic nitrogens is 1. The van der Waals surface area contributed by atoms with E-state index >= 15 is 0 Å². The number of aromatic amines is 1. The highest BCUT2D eigenvalue weighted by atomic mass is 16.1. The van der Waals surface area contributed by atoms with Gasteiger partial charge in [0.1, 0.15) is 0 Å². The zero-order chi connectivity index (χ0) is 13.8. The minimum absolute atomic E-state index is 0.163. The Morgan fingerprint density at radius 2 is 2.20 bits per heavy atom. The van der Waals surface area contributed by atoms with E-state index in [0.29, 0.717) is 12.5 Å². The molecule has 1 amide bonds. The maximum atomic E-state index is 12.0. The summed E-state index contributed by atoms with van der Waals surface area (Å²) in [6, 6.07) is 8.55. The fourth-order valence-electron chi connectivity index (χ4n) is 2.81. The number of hydrogen-bond acceptors (Lipinski definition) is 1. The number of allylic oxidation sites excluding steroid dienone is 1. The summed E-state index contributed by atoms with van der Waals surface area (Å²) in [7, 11) is 0. The fraction of sp³-hybridized carbons (Fsp3) is 0.353. The first kappa shape index (κ1) is 13.0. The van der Waals surface area contributed by atoms with Crippen molar-refractivity contribution in [3.05, 3.63) is 48.2 Å². The van der Waals surface area contributed by atoms with Gasteiger partial charge in [0.05, 0.1) is 0 Å². The number of amides is 1. The number of carbonyl (C=O) groups excluding carboxylic acids is 1. The van der Waals surface area contributed by atoms with Gasteiger partial charge in [-0.1, -0.05) is 30.4 Å². The summed E-state index contributed by atoms with van der Waals surface area (Å²) in [4.78, 5) is 15.2. The number of aryl methyl sites for hydroxylation is 1. The molecule has 2 aromatic rings. The molecule has 3 rings (SSSR count). The molecule has 0 saturated heterocycles. The molecule has 1 atom stereocenters. The summed E-state index contributed by atoms with van der Waals surface area (Å²) >= 11 is 0. The van der Waals surface area contributed by atoms with Crippen molar-refractivity contribution in [1.82, 2.24) is 10.3 Å². The van der Waals surface area contributed by atoms with Crippen molar-refractivity contribution in [3.8, 4) is 0 Å². The molecule has 20 heavy (non-hydrogen) atoms. The van der Waals surface area contributed by atoms with Crippen LogP contribution in [-0.2, 0) is 11.2 Å². The van der Waals surface area contributed by atoms with Gasteiger partial charge in [0.2, 0.25) is 5.91 Å². The number of para-hydroxylation sites is 1. The summed E-state index contributed by atoms with van der Waals surface area (Å²) in [6.07, 6.45) is 10.8. The third-order valence-electron chi connectivity index (χ3n) is 3.93. The van der Waals surface area contributed by atoms with Crippen LogP contribution in [0.2, 0.25) is 0 Å². The molecule has 0 radical (unpaired) electrons. The monoisotopic (exact) mass is 268 g/mol. The van der Waals surface area contributed by atoms with Gasteiger partial charge in [-0.2, -0.15) is 0 Å². The molecule has 1 unspecified atom stereocenters. The van der Waals surface area contributed by atoms with Gasteiger partial charge in [-0.25, -0.2) is 0 Å². The highest BCUT2D eigenvalue weighted by Crippen LogP contribution is 2.19. The van der Waals surface area contributed by atoms with E-state index in [-0.39, 0.29) is 5.91 Å². The van der Waals surface area contributed by atoms with Gasteiger partial charge in [-0.15, -0.1) is 0 Å². The second kappa shape index (κ2) is 5.95. The molecule has 0 spiro atoms. The number of H-pyrrole nitrogens is 1. The zero-order valence-corrected chi connectivity index (χ0v) is 11.6. The van der Waals surface area contributed by atoms with Crippen molar-refractivity contribution in [2.75, 3.05) is 0 Å². The predicted molar refractivity (Wildman–Crippen MR) is 81.5 cm³/mol. The molecule has 3 heteroatoms. The number of nitrogens with one attached hydrogen (secondary N) is 2. The third kappa shape index (κ3) is 2.93. The molecule has 3 nitrogen and oxygen atoms in total. The number of carbonyl (C=O) groups is 1. The lowest BCUT2D eigenvalue weighted by Crippen LogP contribution is -2.35. The highest BCUT2D eigenvalue weighted by molar-refractivity contribution is 5.84. The van der Waals surface area contributed by atoms with E-state index in [1.165, 1.54) is 10.9 Å². The molecule has 1 aromatic carbocycles. The fourth-order valence-corrected chi connectivity index (χ4v) is 2.81. The number of rotatable bonds is 4. The lowest BCUT2D eigenvalue weighted by molar-refractivity contribution is -0.121. The van der Waals surface area contributed by atoms with Crippen LogP contribution in [-0.4, -0.2) is 16.9 Å². The second-order valence-corrected chi connectivity index (χ2v) is 5.41. The first-order valence-corrected chi connectivity index (χ1v) is 7.32. The van der Waals surface area contributed by atoms with Gasteiger partial charge in [-0.05, 0) is 37.3 Å². The first-order valence-electron chi connectivity index (χ1n) is 7.32. The first-order chi connectivity index (χ1) is 9.83. The van der Waals surface area contributed by atoms with E-state index in [1.54, 1.807) is 0 Å². The van der Waals surface area contributed by atoms with Crippen LogP contribution in [0.5, 0.6) is 0 Å². The van der Waals surface area contributed by atoms with Crippen molar-refractivity contribution < 1.29 is 4.79 Å². The average Bonchev–Trinajstić information content (AvgIpc) is 2.89. The summed E-state index contributed by atoms with van der Waals surface area (Å²) in [5.74, 6) is 0.163. The summed E-state index contributed by atoms with van der Waals surface area (Å²) in [5.41, 5.74) is 2.36. The van der Waals surface area contributed by atoms with Crippen LogP contribution in [0.1, 0.15) is 31.2 Å². The number of hydrogen-bond donors (Lipinski definition) is 2. The molecule has 1 heterocycles. The number of fused-ring (bicyclic) bond motifs is 1. The zero-order valence-electron chi connectivity index (χ0n) is 11.6. The minimum Gasteiger partial charge on any atom is -0.361 e. The molecule has 2 N–H and O–H groups in total. The van der Waals surface area contributed by atoms with E-state index in [9.17, 15) is 4.79 Å². The Morgan fingerprint density at radius 1 is 1.30 bits per heavy atom. The summed E-state index contributed by atoms with van der Waals surface area (Å²) in [6.45, 7) is 0. The molecular weight excluding hydrogens is 248 g/mol. The summed E-state index contributed by atoms with van der Waals surface area (Å²) < 4.78 is 0. The number of benzene rings is 1. The van der Waals surface area contributed by atoms with Crippen LogP contribution in [0.3, 0.4) is 0 Å². The van der Waals surface area contributed by atoms with E-state index in [2.05, 4.69) is 34.6 Å². The molecular formula is C17H20N2O. The quantitative estimate of drug-likeness (QED) is 0.821. The van der Waals surface area contributed by atoms with Crippen LogP contribution in [0.4, 0.5) is 0 Å². The smallest absolute Gasteiger partial charge is 0.220 e. The van der Waals surface area contributed by atoms with E-state index in [0.717, 1.165) is 31.2 Å². The molecule has 0 bridgehead atoms. The maximum absolute atomic E-state index is 12.0. The molecule has 0 fully saturated rings. The van der Waals surface area contributed by atoms with Crippen LogP contribution in [0, 0.1) is 0 Å².